The summed E-state index contributed by atoms with van der Waals surface area (Å²) in [5, 5.41) is 4.94. The molecule has 6 heteroatoms. The minimum Gasteiger partial charge on any atom is -0.350 e. The van der Waals surface area contributed by atoms with Crippen molar-refractivity contribution in [2.24, 2.45) is 0 Å². The molecular weight excluding hydrogens is 326 g/mol. The summed E-state index contributed by atoms with van der Waals surface area (Å²) in [6, 6.07) is 1.85. The van der Waals surface area contributed by atoms with Gasteiger partial charge in [0.15, 0.2) is 0 Å². The van der Waals surface area contributed by atoms with Crippen LogP contribution in [-0.2, 0) is 13.0 Å². The van der Waals surface area contributed by atoms with Crippen molar-refractivity contribution < 1.29 is 4.79 Å². The maximum atomic E-state index is 12.1. The third kappa shape index (κ3) is 3.91. The number of aromatic nitrogens is 2. The Balaban J connectivity index is 1.92. The quantitative estimate of drug-likeness (QED) is 0.877. The van der Waals surface area contributed by atoms with E-state index >= 15 is 0 Å². The SMILES string of the molecule is CCCn1cc(Br)cc1C(=O)NCCc1cscn1. The molecule has 1 N–H and O–H groups in total. The van der Waals surface area contributed by atoms with Crippen LogP contribution in [0.25, 0.3) is 0 Å². The topological polar surface area (TPSA) is 46.9 Å². The summed E-state index contributed by atoms with van der Waals surface area (Å²) < 4.78 is 2.91. The average Bonchev–Trinajstić information content (AvgIpc) is 2.99. The number of hydrogen-bond acceptors (Lipinski definition) is 3. The van der Waals surface area contributed by atoms with Gasteiger partial charge in [-0.1, -0.05) is 6.92 Å². The Hall–Kier alpha value is -1.14. The highest BCUT2D eigenvalue weighted by atomic mass is 79.9. The maximum Gasteiger partial charge on any atom is 0.267 e. The molecule has 0 spiro atoms. The lowest BCUT2D eigenvalue weighted by Gasteiger charge is -2.08. The van der Waals surface area contributed by atoms with Crippen molar-refractivity contribution in [3.05, 3.63) is 39.0 Å². The van der Waals surface area contributed by atoms with Crippen LogP contribution in [0.2, 0.25) is 0 Å². The molecule has 0 fully saturated rings. The highest BCUT2D eigenvalue weighted by Gasteiger charge is 2.12. The molecule has 102 valence electrons. The second kappa shape index (κ2) is 6.86. The molecule has 19 heavy (non-hydrogen) atoms. The second-order valence-electron chi connectivity index (χ2n) is 4.22. The van der Waals surface area contributed by atoms with Gasteiger partial charge in [-0.05, 0) is 28.4 Å². The number of nitrogens with one attached hydrogen (secondary N) is 1. The van der Waals surface area contributed by atoms with Crippen LogP contribution in [0.4, 0.5) is 0 Å². The molecule has 2 aromatic rings. The molecule has 0 aliphatic carbocycles. The zero-order valence-corrected chi connectivity index (χ0v) is 13.1. The van der Waals surface area contributed by atoms with E-state index in [4.69, 9.17) is 0 Å². The molecule has 0 aliphatic rings. The lowest BCUT2D eigenvalue weighted by molar-refractivity contribution is 0.0944. The van der Waals surface area contributed by atoms with Crippen molar-refractivity contribution in [3.8, 4) is 0 Å². The third-order valence-corrected chi connectivity index (χ3v) is 3.78. The fourth-order valence-corrected chi connectivity index (χ4v) is 2.90. The summed E-state index contributed by atoms with van der Waals surface area (Å²) in [7, 11) is 0. The number of rotatable bonds is 6. The molecular formula is C13H16BrN3OS. The predicted octanol–water partition coefficient (Wildman–Crippen LogP) is 3.09. The second-order valence-corrected chi connectivity index (χ2v) is 5.86. The highest BCUT2D eigenvalue weighted by molar-refractivity contribution is 9.10. The molecule has 2 heterocycles. The maximum absolute atomic E-state index is 12.1. The van der Waals surface area contributed by atoms with Crippen molar-refractivity contribution in [3.63, 3.8) is 0 Å². The van der Waals surface area contributed by atoms with Crippen LogP contribution in [0.15, 0.2) is 27.6 Å². The first-order chi connectivity index (χ1) is 9.20. The van der Waals surface area contributed by atoms with Crippen molar-refractivity contribution in [2.45, 2.75) is 26.3 Å². The molecule has 0 aromatic carbocycles. The molecule has 0 aliphatic heterocycles. The predicted molar refractivity (Wildman–Crippen MR) is 80.6 cm³/mol. The van der Waals surface area contributed by atoms with E-state index in [1.807, 2.05) is 22.2 Å². The third-order valence-electron chi connectivity index (χ3n) is 2.71. The molecule has 0 atom stereocenters. The molecule has 0 bridgehead atoms. The molecule has 0 saturated heterocycles. The summed E-state index contributed by atoms with van der Waals surface area (Å²) >= 11 is 4.98. The van der Waals surface area contributed by atoms with Gasteiger partial charge in [-0.3, -0.25) is 4.79 Å². The lowest BCUT2D eigenvalue weighted by atomic mass is 10.3. The molecule has 0 radical (unpaired) electrons. The first-order valence-corrected chi connectivity index (χ1v) is 7.95. The number of halogens is 1. The van der Waals surface area contributed by atoms with Gasteiger partial charge in [-0.25, -0.2) is 4.98 Å². The average molecular weight is 342 g/mol. The standard InChI is InChI=1S/C13H16BrN3OS/c1-2-5-17-7-10(14)6-12(17)13(18)15-4-3-11-8-19-9-16-11/h6-9H,2-5H2,1H3,(H,15,18). The van der Waals surface area contributed by atoms with Crippen molar-refractivity contribution >= 4 is 33.2 Å². The van der Waals surface area contributed by atoms with E-state index in [1.165, 1.54) is 0 Å². The molecule has 1 amide bonds. The minimum atomic E-state index is -0.0330. The van der Waals surface area contributed by atoms with Crippen LogP contribution in [0, 0.1) is 0 Å². The summed E-state index contributed by atoms with van der Waals surface area (Å²) in [4.78, 5) is 16.3. The number of hydrogen-bond donors (Lipinski definition) is 1. The van der Waals surface area contributed by atoms with Crippen molar-refractivity contribution in [1.29, 1.82) is 0 Å². The zero-order chi connectivity index (χ0) is 13.7. The highest BCUT2D eigenvalue weighted by Crippen LogP contribution is 2.15. The first-order valence-electron chi connectivity index (χ1n) is 6.21. The molecule has 4 nitrogen and oxygen atoms in total. The van der Waals surface area contributed by atoms with Crippen LogP contribution >= 0.6 is 27.3 Å². The van der Waals surface area contributed by atoms with E-state index in [0.29, 0.717) is 12.2 Å². The van der Waals surface area contributed by atoms with Gasteiger partial charge < -0.3 is 9.88 Å². The zero-order valence-electron chi connectivity index (χ0n) is 10.7. The van der Waals surface area contributed by atoms with Gasteiger partial charge in [0.1, 0.15) is 5.69 Å². The van der Waals surface area contributed by atoms with Crippen LogP contribution in [0.1, 0.15) is 29.5 Å². The normalized spacial score (nSPS) is 10.6. The van der Waals surface area contributed by atoms with Crippen molar-refractivity contribution in [2.75, 3.05) is 6.54 Å². The number of carbonyl (C=O) groups excluding carboxylic acids is 1. The Kier molecular flexibility index (Phi) is 5.15. The van der Waals surface area contributed by atoms with Crippen molar-refractivity contribution in [1.82, 2.24) is 14.9 Å². The van der Waals surface area contributed by atoms with E-state index in [-0.39, 0.29) is 5.91 Å². The molecule has 2 aromatic heterocycles. The molecule has 0 unspecified atom stereocenters. The largest absolute Gasteiger partial charge is 0.350 e. The van der Waals surface area contributed by atoms with E-state index < -0.39 is 0 Å². The van der Waals surface area contributed by atoms with Gasteiger partial charge in [-0.15, -0.1) is 11.3 Å². The van der Waals surface area contributed by atoms with Crippen LogP contribution in [0.5, 0.6) is 0 Å². The smallest absolute Gasteiger partial charge is 0.267 e. The number of carbonyl (C=O) groups is 1. The van der Waals surface area contributed by atoms with Gasteiger partial charge in [-0.2, -0.15) is 0 Å². The Bertz CT molecular complexity index is 536. The van der Waals surface area contributed by atoms with Gasteiger partial charge in [0, 0.05) is 35.6 Å². The van der Waals surface area contributed by atoms with E-state index in [0.717, 1.165) is 29.6 Å². The molecule has 2 rings (SSSR count). The van der Waals surface area contributed by atoms with Gasteiger partial charge in [0.05, 0.1) is 11.2 Å². The number of amides is 1. The van der Waals surface area contributed by atoms with Crippen LogP contribution < -0.4 is 5.32 Å². The van der Waals surface area contributed by atoms with E-state index in [9.17, 15) is 4.79 Å². The van der Waals surface area contributed by atoms with Gasteiger partial charge in [0.2, 0.25) is 0 Å². The van der Waals surface area contributed by atoms with Gasteiger partial charge >= 0.3 is 0 Å². The Morgan fingerprint density at radius 1 is 1.58 bits per heavy atom. The number of nitrogens with zero attached hydrogens (tertiary/aromatic N) is 2. The Labute approximate surface area is 125 Å². The summed E-state index contributed by atoms with van der Waals surface area (Å²) in [5.74, 6) is -0.0330. The fourth-order valence-electron chi connectivity index (χ4n) is 1.85. The monoisotopic (exact) mass is 341 g/mol. The fraction of sp³-hybridized carbons (Fsp3) is 0.385. The van der Waals surface area contributed by atoms with E-state index in [1.54, 1.807) is 16.8 Å². The van der Waals surface area contributed by atoms with Crippen LogP contribution in [0.3, 0.4) is 0 Å². The van der Waals surface area contributed by atoms with Crippen LogP contribution in [-0.4, -0.2) is 22.0 Å². The van der Waals surface area contributed by atoms with Gasteiger partial charge in [0.25, 0.3) is 5.91 Å². The summed E-state index contributed by atoms with van der Waals surface area (Å²) in [6.07, 6.45) is 3.71. The summed E-state index contributed by atoms with van der Waals surface area (Å²) in [6.45, 7) is 3.55. The molecule has 0 saturated carbocycles. The summed E-state index contributed by atoms with van der Waals surface area (Å²) in [5.41, 5.74) is 3.53. The number of aryl methyl sites for hydroxylation is 1. The Morgan fingerprint density at radius 3 is 3.11 bits per heavy atom. The Morgan fingerprint density at radius 2 is 2.42 bits per heavy atom. The minimum absolute atomic E-state index is 0.0330. The van der Waals surface area contributed by atoms with E-state index in [2.05, 4.69) is 33.2 Å². The first kappa shape index (κ1) is 14.3. The lowest BCUT2D eigenvalue weighted by Crippen LogP contribution is -2.27. The number of thiazole rings is 1.